The molecular weight excluding hydrogens is 218 g/mol. The number of hydrogen-bond acceptors (Lipinski definition) is 1. The van der Waals surface area contributed by atoms with E-state index in [9.17, 15) is 0 Å². The number of aromatic nitrogens is 1. The Morgan fingerprint density at radius 1 is 1.33 bits per heavy atom. The van der Waals surface area contributed by atoms with E-state index in [4.69, 9.17) is 0 Å². The molecule has 0 fully saturated rings. The smallest absolute Gasteiger partial charge is 0.0343 e. The van der Waals surface area contributed by atoms with Crippen LogP contribution in [-0.4, -0.2) is 4.98 Å². The molecule has 1 aromatic rings. The van der Waals surface area contributed by atoms with E-state index >= 15 is 0 Å². The fourth-order valence-corrected chi connectivity index (χ4v) is 2.17. The lowest BCUT2D eigenvalue weighted by Crippen LogP contribution is -2.13. The lowest BCUT2D eigenvalue weighted by atomic mass is 9.78. The molecule has 1 nitrogen and oxygen atoms in total. The minimum Gasteiger partial charge on any atom is -0.264 e. The summed E-state index contributed by atoms with van der Waals surface area (Å²) in [6.45, 7) is 15.1. The first kappa shape index (κ1) is 14.7. The van der Waals surface area contributed by atoms with Crippen LogP contribution in [0.15, 0.2) is 36.7 Å². The van der Waals surface area contributed by atoms with Crippen molar-refractivity contribution in [1.82, 2.24) is 4.98 Å². The van der Waals surface area contributed by atoms with Crippen LogP contribution in [0.5, 0.6) is 0 Å². The minimum atomic E-state index is 0.161. The highest BCUT2D eigenvalue weighted by Gasteiger charge is 2.21. The average molecular weight is 243 g/mol. The molecule has 0 radical (unpaired) electrons. The molecule has 0 aromatic carbocycles. The summed E-state index contributed by atoms with van der Waals surface area (Å²) >= 11 is 0. The molecule has 0 aliphatic carbocycles. The van der Waals surface area contributed by atoms with Gasteiger partial charge >= 0.3 is 0 Å². The van der Waals surface area contributed by atoms with Gasteiger partial charge in [0.15, 0.2) is 0 Å². The summed E-state index contributed by atoms with van der Waals surface area (Å²) in [5.74, 6) is 0. The van der Waals surface area contributed by atoms with Crippen molar-refractivity contribution in [2.24, 2.45) is 5.41 Å². The largest absolute Gasteiger partial charge is 0.264 e. The third-order valence-corrected chi connectivity index (χ3v) is 3.86. The van der Waals surface area contributed by atoms with Gasteiger partial charge in [-0.25, -0.2) is 0 Å². The zero-order chi connectivity index (χ0) is 13.8. The molecule has 1 heterocycles. The standard InChI is InChI=1S/C17H25N/c1-7-14-10-15(12-18-11-14)13(4)16(8-2)17(5,6)9-3/h8,10-12H,2,7,9H2,1,3-6H3/b16-13-. The van der Waals surface area contributed by atoms with E-state index in [-0.39, 0.29) is 5.41 Å². The maximum absolute atomic E-state index is 4.33. The second-order valence-electron chi connectivity index (χ2n) is 5.42. The van der Waals surface area contributed by atoms with Crippen LogP contribution < -0.4 is 0 Å². The predicted octanol–water partition coefficient (Wildman–Crippen LogP) is 5.04. The number of nitrogens with zero attached hydrogens (tertiary/aromatic N) is 1. The van der Waals surface area contributed by atoms with Gasteiger partial charge in [-0.3, -0.25) is 4.98 Å². The van der Waals surface area contributed by atoms with Gasteiger partial charge in [0.25, 0.3) is 0 Å². The molecule has 1 aromatic heterocycles. The van der Waals surface area contributed by atoms with Gasteiger partial charge in [-0.15, -0.1) is 0 Å². The quantitative estimate of drug-likeness (QED) is 0.660. The second-order valence-corrected chi connectivity index (χ2v) is 5.42. The molecular formula is C17H25N. The molecule has 0 saturated heterocycles. The van der Waals surface area contributed by atoms with Crippen LogP contribution in [-0.2, 0) is 6.42 Å². The molecule has 1 heteroatoms. The maximum atomic E-state index is 4.33. The maximum Gasteiger partial charge on any atom is 0.0343 e. The molecule has 0 aliphatic rings. The Hall–Kier alpha value is -1.37. The Morgan fingerprint density at radius 2 is 2.00 bits per heavy atom. The highest BCUT2D eigenvalue weighted by Crippen LogP contribution is 2.36. The Bertz CT molecular complexity index is 452. The van der Waals surface area contributed by atoms with Crippen LogP contribution in [0.2, 0.25) is 0 Å². The summed E-state index contributed by atoms with van der Waals surface area (Å²) in [7, 11) is 0. The van der Waals surface area contributed by atoms with Gasteiger partial charge in [-0.2, -0.15) is 0 Å². The molecule has 0 aliphatic heterocycles. The first-order chi connectivity index (χ1) is 8.46. The molecule has 0 spiro atoms. The number of hydrogen-bond donors (Lipinski definition) is 0. The summed E-state index contributed by atoms with van der Waals surface area (Å²) < 4.78 is 0. The highest BCUT2D eigenvalue weighted by molar-refractivity contribution is 5.70. The van der Waals surface area contributed by atoms with Crippen molar-refractivity contribution >= 4 is 5.57 Å². The zero-order valence-electron chi connectivity index (χ0n) is 12.4. The van der Waals surface area contributed by atoms with Crippen molar-refractivity contribution in [2.75, 3.05) is 0 Å². The van der Waals surface area contributed by atoms with Gasteiger partial charge in [-0.05, 0) is 53.5 Å². The molecule has 0 bridgehead atoms. The van der Waals surface area contributed by atoms with Crippen molar-refractivity contribution in [3.63, 3.8) is 0 Å². The van der Waals surface area contributed by atoms with Gasteiger partial charge in [0.2, 0.25) is 0 Å². The molecule has 0 saturated carbocycles. The number of aryl methyl sites for hydroxylation is 1. The van der Waals surface area contributed by atoms with E-state index in [2.05, 4.69) is 52.2 Å². The summed E-state index contributed by atoms with van der Waals surface area (Å²) in [5.41, 5.74) is 5.27. The molecule has 1 rings (SSSR count). The predicted molar refractivity (Wildman–Crippen MR) is 80.5 cm³/mol. The van der Waals surface area contributed by atoms with Crippen molar-refractivity contribution in [3.05, 3.63) is 47.8 Å². The van der Waals surface area contributed by atoms with Crippen LogP contribution >= 0.6 is 0 Å². The lowest BCUT2D eigenvalue weighted by Gasteiger charge is -2.27. The van der Waals surface area contributed by atoms with Gasteiger partial charge in [0.1, 0.15) is 0 Å². The Balaban J connectivity index is 3.31. The third-order valence-electron chi connectivity index (χ3n) is 3.86. The second kappa shape index (κ2) is 5.99. The van der Waals surface area contributed by atoms with Crippen molar-refractivity contribution in [3.8, 4) is 0 Å². The summed E-state index contributed by atoms with van der Waals surface area (Å²) in [5, 5.41) is 0. The first-order valence-electron chi connectivity index (χ1n) is 6.74. The SMILES string of the molecule is C=C/C(=C(\C)c1cncc(CC)c1)C(C)(C)CC. The van der Waals surface area contributed by atoms with Crippen LogP contribution in [0.4, 0.5) is 0 Å². The molecule has 0 N–H and O–H groups in total. The van der Waals surface area contributed by atoms with E-state index in [1.807, 2.05) is 18.5 Å². The summed E-state index contributed by atoms with van der Waals surface area (Å²) in [6, 6.07) is 2.23. The van der Waals surface area contributed by atoms with Gasteiger partial charge in [0.05, 0.1) is 0 Å². The third kappa shape index (κ3) is 3.10. The zero-order valence-corrected chi connectivity index (χ0v) is 12.4. The van der Waals surface area contributed by atoms with Crippen LogP contribution in [0, 0.1) is 5.41 Å². The molecule has 98 valence electrons. The van der Waals surface area contributed by atoms with E-state index in [0.29, 0.717) is 0 Å². The van der Waals surface area contributed by atoms with Gasteiger partial charge < -0.3 is 0 Å². The fraction of sp³-hybridized carbons (Fsp3) is 0.471. The molecule has 0 unspecified atom stereocenters. The van der Waals surface area contributed by atoms with Gasteiger partial charge in [0, 0.05) is 12.4 Å². The van der Waals surface area contributed by atoms with Crippen LogP contribution in [0.25, 0.3) is 5.57 Å². The highest BCUT2D eigenvalue weighted by atomic mass is 14.6. The number of rotatable bonds is 5. The van der Waals surface area contributed by atoms with E-state index < -0.39 is 0 Å². The van der Waals surface area contributed by atoms with Crippen LogP contribution in [0.3, 0.4) is 0 Å². The Morgan fingerprint density at radius 3 is 2.50 bits per heavy atom. The van der Waals surface area contributed by atoms with Crippen molar-refractivity contribution in [2.45, 2.75) is 47.5 Å². The average Bonchev–Trinajstić information content (AvgIpc) is 2.39. The van der Waals surface area contributed by atoms with Crippen molar-refractivity contribution in [1.29, 1.82) is 0 Å². The first-order valence-corrected chi connectivity index (χ1v) is 6.74. The van der Waals surface area contributed by atoms with E-state index in [1.54, 1.807) is 0 Å². The van der Waals surface area contributed by atoms with E-state index in [1.165, 1.54) is 22.3 Å². The minimum absolute atomic E-state index is 0.161. The molecule has 0 atom stereocenters. The summed E-state index contributed by atoms with van der Waals surface area (Å²) in [4.78, 5) is 4.33. The topological polar surface area (TPSA) is 12.9 Å². The molecule has 18 heavy (non-hydrogen) atoms. The van der Waals surface area contributed by atoms with Crippen molar-refractivity contribution < 1.29 is 0 Å². The van der Waals surface area contributed by atoms with E-state index in [0.717, 1.165) is 12.8 Å². The summed E-state index contributed by atoms with van der Waals surface area (Å²) in [6.07, 6.45) is 8.01. The fourth-order valence-electron chi connectivity index (χ4n) is 2.17. The number of pyridine rings is 1. The van der Waals surface area contributed by atoms with Crippen LogP contribution in [0.1, 0.15) is 52.2 Å². The Labute approximate surface area is 112 Å². The monoisotopic (exact) mass is 243 g/mol. The number of allylic oxidation sites excluding steroid dienone is 3. The Kier molecular flexibility index (Phi) is 4.89. The normalized spacial score (nSPS) is 13.2. The lowest BCUT2D eigenvalue weighted by molar-refractivity contribution is 0.441. The molecule has 0 amide bonds. The van der Waals surface area contributed by atoms with Gasteiger partial charge in [-0.1, -0.05) is 40.3 Å².